The van der Waals surface area contributed by atoms with Crippen molar-refractivity contribution in [3.63, 3.8) is 0 Å². The zero-order chi connectivity index (χ0) is 13.8. The summed E-state index contributed by atoms with van der Waals surface area (Å²) in [4.78, 5) is 3.53. The zero-order valence-electron chi connectivity index (χ0n) is 10.3. The van der Waals surface area contributed by atoms with Gasteiger partial charge in [0.15, 0.2) is 5.82 Å². The number of nitrogens with zero attached hydrogens (tertiary/aromatic N) is 1. The molecule has 0 aliphatic heterocycles. The minimum absolute atomic E-state index is 0.0151. The summed E-state index contributed by atoms with van der Waals surface area (Å²) >= 11 is 0. The van der Waals surface area contributed by atoms with Crippen LogP contribution in [0.2, 0.25) is 0 Å². The summed E-state index contributed by atoms with van der Waals surface area (Å²) in [6.45, 7) is 3.49. The van der Waals surface area contributed by atoms with E-state index in [1.54, 1.807) is 0 Å². The minimum Gasteiger partial charge on any atom is -0.396 e. The van der Waals surface area contributed by atoms with Gasteiger partial charge in [-0.15, -0.1) is 0 Å². The highest BCUT2D eigenvalue weighted by molar-refractivity contribution is 7.89. The molecule has 1 unspecified atom stereocenters. The van der Waals surface area contributed by atoms with Crippen LogP contribution in [-0.4, -0.2) is 31.2 Å². The third kappa shape index (κ3) is 3.72. The van der Waals surface area contributed by atoms with E-state index in [1.165, 1.54) is 12.3 Å². The van der Waals surface area contributed by atoms with E-state index in [0.717, 1.165) is 6.07 Å². The van der Waals surface area contributed by atoms with Crippen molar-refractivity contribution >= 4 is 10.0 Å². The van der Waals surface area contributed by atoms with Crippen LogP contribution in [-0.2, 0) is 10.0 Å². The van der Waals surface area contributed by atoms with Crippen molar-refractivity contribution in [1.29, 1.82) is 0 Å². The Morgan fingerprint density at radius 2 is 2.17 bits per heavy atom. The van der Waals surface area contributed by atoms with Crippen molar-refractivity contribution < 1.29 is 17.9 Å². The van der Waals surface area contributed by atoms with Gasteiger partial charge < -0.3 is 5.11 Å². The van der Waals surface area contributed by atoms with Crippen molar-refractivity contribution in [2.24, 2.45) is 5.92 Å². The SMILES string of the molecule is CC(C)C(CCO)NS(=O)(=O)c1ncccc1F. The molecule has 1 heterocycles. The molecule has 0 aliphatic carbocycles. The molecule has 0 radical (unpaired) electrons. The molecule has 0 aliphatic rings. The van der Waals surface area contributed by atoms with Crippen LogP contribution in [0, 0.1) is 11.7 Å². The van der Waals surface area contributed by atoms with Crippen LogP contribution in [0.4, 0.5) is 4.39 Å². The molecule has 102 valence electrons. The quantitative estimate of drug-likeness (QED) is 0.809. The smallest absolute Gasteiger partial charge is 0.261 e. The first kappa shape index (κ1) is 15.0. The lowest BCUT2D eigenvalue weighted by molar-refractivity contribution is 0.255. The number of aliphatic hydroxyl groups excluding tert-OH is 1. The first-order valence-corrected chi connectivity index (χ1v) is 7.10. The molecule has 1 aromatic heterocycles. The molecule has 0 saturated heterocycles. The first-order valence-electron chi connectivity index (χ1n) is 5.62. The van der Waals surface area contributed by atoms with Crippen LogP contribution in [0.15, 0.2) is 23.4 Å². The number of hydrogen-bond acceptors (Lipinski definition) is 4. The fourth-order valence-corrected chi connectivity index (χ4v) is 2.92. The predicted octanol–water partition coefficient (Wildman–Crippen LogP) is 0.906. The number of aromatic nitrogens is 1. The molecule has 0 fully saturated rings. The standard InChI is InChI=1S/C11H17FN2O3S/c1-8(2)10(5-7-15)14-18(16,17)11-9(12)4-3-6-13-11/h3-4,6,8,10,14-15H,5,7H2,1-2H3. The molecule has 0 amide bonds. The highest BCUT2D eigenvalue weighted by Gasteiger charge is 2.25. The summed E-state index contributed by atoms with van der Waals surface area (Å²) in [6, 6.07) is 1.90. The Labute approximate surface area is 106 Å². The summed E-state index contributed by atoms with van der Waals surface area (Å²) in [5, 5.41) is 8.27. The molecular weight excluding hydrogens is 259 g/mol. The molecule has 1 atom stereocenters. The monoisotopic (exact) mass is 276 g/mol. The maximum absolute atomic E-state index is 13.4. The van der Waals surface area contributed by atoms with E-state index in [1.807, 2.05) is 13.8 Å². The third-order valence-electron chi connectivity index (χ3n) is 2.53. The normalized spacial score (nSPS) is 13.8. The summed E-state index contributed by atoms with van der Waals surface area (Å²) in [5.74, 6) is -0.907. The Hall–Kier alpha value is -1.05. The van der Waals surface area contributed by atoms with Crippen molar-refractivity contribution in [2.45, 2.75) is 31.3 Å². The molecular formula is C11H17FN2O3S. The third-order valence-corrected chi connectivity index (χ3v) is 3.95. The minimum atomic E-state index is -4.00. The van der Waals surface area contributed by atoms with E-state index in [9.17, 15) is 12.8 Å². The van der Waals surface area contributed by atoms with Crippen molar-refractivity contribution in [2.75, 3.05) is 6.61 Å². The second-order valence-corrected chi connectivity index (χ2v) is 5.90. The number of pyridine rings is 1. The predicted molar refractivity (Wildman–Crippen MR) is 64.8 cm³/mol. The van der Waals surface area contributed by atoms with E-state index in [4.69, 9.17) is 5.11 Å². The fourth-order valence-electron chi connectivity index (χ4n) is 1.49. The van der Waals surface area contributed by atoms with E-state index in [-0.39, 0.29) is 18.9 Å². The second-order valence-electron chi connectivity index (χ2n) is 4.27. The molecule has 2 N–H and O–H groups in total. The summed E-state index contributed by atoms with van der Waals surface area (Å²) in [7, 11) is -4.00. The van der Waals surface area contributed by atoms with Crippen LogP contribution in [0.1, 0.15) is 20.3 Å². The van der Waals surface area contributed by atoms with Gasteiger partial charge in [0.05, 0.1) is 0 Å². The van der Waals surface area contributed by atoms with Crippen LogP contribution in [0.3, 0.4) is 0 Å². The summed E-state index contributed by atoms with van der Waals surface area (Å²) in [6.07, 6.45) is 1.49. The molecule has 0 saturated carbocycles. The highest BCUT2D eigenvalue weighted by atomic mass is 32.2. The molecule has 0 bridgehead atoms. The van der Waals surface area contributed by atoms with Crippen LogP contribution in [0.25, 0.3) is 0 Å². The van der Waals surface area contributed by atoms with Gasteiger partial charge in [0.2, 0.25) is 5.03 Å². The lowest BCUT2D eigenvalue weighted by Crippen LogP contribution is -2.39. The Bertz CT molecular complexity index is 491. The van der Waals surface area contributed by atoms with Gasteiger partial charge in [0, 0.05) is 18.8 Å². The number of sulfonamides is 1. The van der Waals surface area contributed by atoms with Gasteiger partial charge in [-0.3, -0.25) is 0 Å². The number of nitrogens with one attached hydrogen (secondary N) is 1. The maximum atomic E-state index is 13.4. The van der Waals surface area contributed by atoms with Gasteiger partial charge in [-0.05, 0) is 24.5 Å². The average molecular weight is 276 g/mol. The number of aliphatic hydroxyl groups is 1. The zero-order valence-corrected chi connectivity index (χ0v) is 11.1. The van der Waals surface area contributed by atoms with Crippen molar-refractivity contribution in [1.82, 2.24) is 9.71 Å². The van der Waals surface area contributed by atoms with Crippen LogP contribution >= 0.6 is 0 Å². The highest BCUT2D eigenvalue weighted by Crippen LogP contribution is 2.14. The lowest BCUT2D eigenvalue weighted by atomic mass is 10.0. The largest absolute Gasteiger partial charge is 0.396 e. The number of halogens is 1. The molecule has 7 heteroatoms. The molecule has 0 aromatic carbocycles. The van der Waals surface area contributed by atoms with Crippen molar-refractivity contribution in [3.05, 3.63) is 24.1 Å². The van der Waals surface area contributed by atoms with Gasteiger partial charge in [-0.2, -0.15) is 0 Å². The Balaban J connectivity index is 2.97. The second kappa shape index (κ2) is 6.21. The Morgan fingerprint density at radius 1 is 1.50 bits per heavy atom. The molecule has 1 aromatic rings. The molecule has 18 heavy (non-hydrogen) atoms. The van der Waals surface area contributed by atoms with Gasteiger partial charge in [-0.25, -0.2) is 22.5 Å². The fraction of sp³-hybridized carbons (Fsp3) is 0.545. The Kier molecular flexibility index (Phi) is 5.18. The Morgan fingerprint density at radius 3 is 2.67 bits per heavy atom. The van der Waals surface area contributed by atoms with Crippen LogP contribution in [0.5, 0.6) is 0 Å². The van der Waals surface area contributed by atoms with Crippen LogP contribution < -0.4 is 4.72 Å². The van der Waals surface area contributed by atoms with Gasteiger partial charge in [0.25, 0.3) is 10.0 Å². The van der Waals surface area contributed by atoms with E-state index < -0.39 is 26.9 Å². The van der Waals surface area contributed by atoms with Gasteiger partial charge >= 0.3 is 0 Å². The summed E-state index contributed by atoms with van der Waals surface area (Å²) < 4.78 is 39.6. The summed E-state index contributed by atoms with van der Waals surface area (Å²) in [5.41, 5.74) is 0. The lowest BCUT2D eigenvalue weighted by Gasteiger charge is -2.21. The van der Waals surface area contributed by atoms with E-state index in [0.29, 0.717) is 0 Å². The van der Waals surface area contributed by atoms with E-state index in [2.05, 4.69) is 9.71 Å². The topological polar surface area (TPSA) is 79.3 Å². The molecule has 5 nitrogen and oxygen atoms in total. The van der Waals surface area contributed by atoms with Crippen molar-refractivity contribution in [3.8, 4) is 0 Å². The maximum Gasteiger partial charge on any atom is 0.261 e. The molecule has 1 rings (SSSR count). The number of rotatable bonds is 6. The van der Waals surface area contributed by atoms with Gasteiger partial charge in [0.1, 0.15) is 0 Å². The van der Waals surface area contributed by atoms with E-state index >= 15 is 0 Å². The van der Waals surface area contributed by atoms with Gasteiger partial charge in [-0.1, -0.05) is 13.8 Å². The first-order chi connectivity index (χ1) is 8.38. The average Bonchev–Trinajstić information content (AvgIpc) is 2.28. The molecule has 0 spiro atoms. The number of hydrogen-bond donors (Lipinski definition) is 2.